The highest BCUT2D eigenvalue weighted by Gasteiger charge is 2.34. The zero-order valence-electron chi connectivity index (χ0n) is 8.30. The molecule has 0 radical (unpaired) electrons. The van der Waals surface area contributed by atoms with E-state index in [0.717, 1.165) is 0 Å². The smallest absolute Gasteiger partial charge is 0.330 e. The van der Waals surface area contributed by atoms with E-state index in [1.54, 1.807) is 0 Å². The molecule has 1 aromatic heterocycles. The Morgan fingerprint density at radius 2 is 2.38 bits per heavy atom. The highest BCUT2D eigenvalue weighted by Crippen LogP contribution is 2.32. The van der Waals surface area contributed by atoms with Crippen LogP contribution in [0.3, 0.4) is 0 Å². The maximum atomic E-state index is 11.5. The SMILES string of the molecule is O=c1ccn([C@H]2CC(I)[C@@H](CO)O2)c(=O)[nH]1. The van der Waals surface area contributed by atoms with E-state index in [-0.39, 0.29) is 16.6 Å². The Kier molecular flexibility index (Phi) is 3.45. The van der Waals surface area contributed by atoms with Gasteiger partial charge in [-0.3, -0.25) is 14.3 Å². The van der Waals surface area contributed by atoms with Crippen molar-refractivity contribution in [1.82, 2.24) is 9.55 Å². The third-order valence-electron chi connectivity index (χ3n) is 2.50. The van der Waals surface area contributed by atoms with Crippen molar-refractivity contribution in [3.05, 3.63) is 33.1 Å². The van der Waals surface area contributed by atoms with Gasteiger partial charge in [0.15, 0.2) is 0 Å². The molecule has 2 rings (SSSR count). The van der Waals surface area contributed by atoms with Crippen LogP contribution in [-0.4, -0.2) is 31.3 Å². The molecule has 0 aromatic carbocycles. The number of hydrogen-bond acceptors (Lipinski definition) is 4. The molecular formula is C9H11IN2O4. The average Bonchev–Trinajstić information content (AvgIpc) is 2.59. The Morgan fingerprint density at radius 1 is 1.62 bits per heavy atom. The minimum absolute atomic E-state index is 0.0673. The van der Waals surface area contributed by atoms with E-state index in [9.17, 15) is 9.59 Å². The quantitative estimate of drug-likeness (QED) is 0.569. The summed E-state index contributed by atoms with van der Waals surface area (Å²) in [7, 11) is 0. The summed E-state index contributed by atoms with van der Waals surface area (Å²) in [4.78, 5) is 24.6. The molecule has 0 bridgehead atoms. The van der Waals surface area contributed by atoms with Crippen molar-refractivity contribution in [2.24, 2.45) is 0 Å². The fourth-order valence-corrected chi connectivity index (χ4v) is 2.51. The number of alkyl halides is 1. The van der Waals surface area contributed by atoms with Crippen LogP contribution in [0.15, 0.2) is 21.9 Å². The first-order chi connectivity index (χ1) is 7.61. The topological polar surface area (TPSA) is 84.3 Å². The van der Waals surface area contributed by atoms with Gasteiger partial charge in [0.1, 0.15) is 6.23 Å². The number of hydrogen-bond donors (Lipinski definition) is 2. The first kappa shape index (κ1) is 11.8. The zero-order chi connectivity index (χ0) is 11.7. The molecule has 0 spiro atoms. The molecule has 3 atom stereocenters. The maximum Gasteiger partial charge on any atom is 0.330 e. The van der Waals surface area contributed by atoms with Crippen LogP contribution in [-0.2, 0) is 4.74 Å². The van der Waals surface area contributed by atoms with Gasteiger partial charge in [0.25, 0.3) is 5.56 Å². The van der Waals surface area contributed by atoms with Gasteiger partial charge in [-0.15, -0.1) is 0 Å². The van der Waals surface area contributed by atoms with Crippen molar-refractivity contribution in [1.29, 1.82) is 0 Å². The highest BCUT2D eigenvalue weighted by molar-refractivity contribution is 14.1. The number of aliphatic hydroxyl groups is 1. The van der Waals surface area contributed by atoms with Crippen LogP contribution in [0.5, 0.6) is 0 Å². The molecule has 1 unspecified atom stereocenters. The van der Waals surface area contributed by atoms with E-state index >= 15 is 0 Å². The average molecular weight is 338 g/mol. The zero-order valence-corrected chi connectivity index (χ0v) is 10.5. The summed E-state index contributed by atoms with van der Waals surface area (Å²) in [6, 6.07) is 1.28. The number of aliphatic hydroxyl groups excluding tert-OH is 1. The summed E-state index contributed by atoms with van der Waals surface area (Å²) in [5.74, 6) is 0. The molecule has 88 valence electrons. The van der Waals surface area contributed by atoms with Gasteiger partial charge >= 0.3 is 5.69 Å². The molecule has 16 heavy (non-hydrogen) atoms. The number of nitrogens with zero attached hydrogens (tertiary/aromatic N) is 1. The van der Waals surface area contributed by atoms with Gasteiger partial charge < -0.3 is 9.84 Å². The Morgan fingerprint density at radius 3 is 2.94 bits per heavy atom. The summed E-state index contributed by atoms with van der Waals surface area (Å²) < 4.78 is 7.01. The Balaban J connectivity index is 2.27. The van der Waals surface area contributed by atoms with Crippen molar-refractivity contribution < 1.29 is 9.84 Å². The number of aromatic amines is 1. The predicted molar refractivity (Wildman–Crippen MR) is 64.7 cm³/mol. The van der Waals surface area contributed by atoms with E-state index in [0.29, 0.717) is 6.42 Å². The first-order valence-corrected chi connectivity index (χ1v) is 6.08. The molecule has 1 aliphatic heterocycles. The van der Waals surface area contributed by atoms with Crippen LogP contribution >= 0.6 is 22.6 Å². The van der Waals surface area contributed by atoms with Crippen LogP contribution in [0.2, 0.25) is 0 Å². The molecule has 1 saturated heterocycles. The van der Waals surface area contributed by atoms with E-state index in [1.165, 1.54) is 16.8 Å². The van der Waals surface area contributed by atoms with Crippen molar-refractivity contribution >= 4 is 22.6 Å². The summed E-state index contributed by atoms with van der Waals surface area (Å²) in [5, 5.41) is 9.04. The predicted octanol–water partition coefficient (Wildman–Crippen LogP) is -0.380. The lowest BCUT2D eigenvalue weighted by Gasteiger charge is -2.13. The molecule has 2 heterocycles. The van der Waals surface area contributed by atoms with Gasteiger partial charge in [-0.1, -0.05) is 22.6 Å². The summed E-state index contributed by atoms with van der Waals surface area (Å²) in [6.07, 6.45) is 1.37. The Hall–Kier alpha value is -0.670. The fourth-order valence-electron chi connectivity index (χ4n) is 1.68. The van der Waals surface area contributed by atoms with Gasteiger partial charge in [-0.05, 0) is 0 Å². The van der Waals surface area contributed by atoms with Gasteiger partial charge in [0.05, 0.1) is 12.7 Å². The maximum absolute atomic E-state index is 11.5. The molecular weight excluding hydrogens is 327 g/mol. The van der Waals surface area contributed by atoms with Crippen LogP contribution in [0.1, 0.15) is 12.6 Å². The van der Waals surface area contributed by atoms with E-state index in [1.807, 2.05) is 0 Å². The van der Waals surface area contributed by atoms with Crippen LogP contribution in [0, 0.1) is 0 Å². The van der Waals surface area contributed by atoms with Crippen LogP contribution in [0.25, 0.3) is 0 Å². The third kappa shape index (κ3) is 2.20. The fraction of sp³-hybridized carbons (Fsp3) is 0.556. The van der Waals surface area contributed by atoms with Crippen molar-refractivity contribution in [2.75, 3.05) is 6.61 Å². The largest absolute Gasteiger partial charge is 0.394 e. The van der Waals surface area contributed by atoms with Gasteiger partial charge in [0.2, 0.25) is 0 Å². The number of nitrogens with one attached hydrogen (secondary N) is 1. The van der Waals surface area contributed by atoms with Gasteiger partial charge in [0, 0.05) is 22.6 Å². The minimum atomic E-state index is -0.486. The standard InChI is InChI=1S/C9H11IN2O4/c10-5-3-8(16-6(5)4-13)12-2-1-7(14)11-9(12)15/h1-2,5-6,8,13H,3-4H2,(H,11,14,15)/t5?,6-,8-/m1/s1. The molecule has 0 amide bonds. The number of ether oxygens (including phenoxy) is 1. The molecule has 6 nitrogen and oxygen atoms in total. The highest BCUT2D eigenvalue weighted by atomic mass is 127. The molecule has 2 N–H and O–H groups in total. The Labute approximate surface area is 104 Å². The second kappa shape index (κ2) is 4.68. The summed E-state index contributed by atoms with van der Waals surface area (Å²) >= 11 is 2.18. The van der Waals surface area contributed by atoms with E-state index < -0.39 is 17.5 Å². The lowest BCUT2D eigenvalue weighted by Crippen LogP contribution is -2.31. The van der Waals surface area contributed by atoms with E-state index in [4.69, 9.17) is 9.84 Å². The lowest BCUT2D eigenvalue weighted by molar-refractivity contribution is -0.0231. The van der Waals surface area contributed by atoms with Gasteiger partial charge in [-0.2, -0.15) is 0 Å². The first-order valence-electron chi connectivity index (χ1n) is 4.83. The molecule has 1 aliphatic rings. The van der Waals surface area contributed by atoms with Crippen molar-refractivity contribution in [3.63, 3.8) is 0 Å². The number of H-pyrrole nitrogens is 1. The molecule has 0 aliphatic carbocycles. The van der Waals surface area contributed by atoms with Crippen molar-refractivity contribution in [2.45, 2.75) is 22.7 Å². The molecule has 0 saturated carbocycles. The summed E-state index contributed by atoms with van der Waals surface area (Å²) in [5.41, 5.74) is -0.913. The monoisotopic (exact) mass is 338 g/mol. The third-order valence-corrected chi connectivity index (χ3v) is 3.81. The van der Waals surface area contributed by atoms with Crippen LogP contribution in [0.4, 0.5) is 0 Å². The molecule has 1 aromatic rings. The Bertz CT molecular complexity index is 483. The second-order valence-corrected chi connectivity index (χ2v) is 5.18. The number of rotatable bonds is 2. The minimum Gasteiger partial charge on any atom is -0.394 e. The number of aromatic nitrogens is 2. The lowest BCUT2D eigenvalue weighted by atomic mass is 10.2. The molecule has 1 fully saturated rings. The van der Waals surface area contributed by atoms with Crippen molar-refractivity contribution in [3.8, 4) is 0 Å². The summed E-state index contributed by atoms with van der Waals surface area (Å²) in [6.45, 7) is -0.0673. The van der Waals surface area contributed by atoms with Crippen LogP contribution < -0.4 is 11.2 Å². The normalized spacial score (nSPS) is 29.5. The molecule has 7 heteroatoms. The number of halogens is 1. The second-order valence-electron chi connectivity index (χ2n) is 3.58. The van der Waals surface area contributed by atoms with Gasteiger partial charge in [-0.25, -0.2) is 4.79 Å². The van der Waals surface area contributed by atoms with E-state index in [2.05, 4.69) is 27.6 Å².